The van der Waals surface area contributed by atoms with E-state index in [1.54, 1.807) is 17.7 Å². The molecule has 1 atom stereocenters. The molecule has 0 saturated heterocycles. The van der Waals surface area contributed by atoms with Crippen molar-refractivity contribution < 1.29 is 0 Å². The Balaban J connectivity index is 1.89. The number of fused-ring (bicyclic) bond motifs is 3. The zero-order valence-corrected chi connectivity index (χ0v) is 10.5. The lowest BCUT2D eigenvalue weighted by molar-refractivity contribution is 0.562. The summed E-state index contributed by atoms with van der Waals surface area (Å²) in [7, 11) is 0. The summed E-state index contributed by atoms with van der Waals surface area (Å²) in [5.74, 6) is 0. The van der Waals surface area contributed by atoms with Crippen molar-refractivity contribution in [3.05, 3.63) is 52.8 Å². The quantitative estimate of drug-likeness (QED) is 0.724. The average molecular weight is 256 g/mol. The molecule has 1 aromatic carbocycles. The van der Waals surface area contributed by atoms with Crippen LogP contribution in [0.25, 0.3) is 4.96 Å². The van der Waals surface area contributed by atoms with Crippen molar-refractivity contribution in [1.82, 2.24) is 19.9 Å². The van der Waals surface area contributed by atoms with Gasteiger partial charge in [0.15, 0.2) is 0 Å². The molecule has 1 unspecified atom stereocenters. The van der Waals surface area contributed by atoms with E-state index < -0.39 is 0 Å². The summed E-state index contributed by atoms with van der Waals surface area (Å²) in [6.45, 7) is 0.984. The average Bonchev–Trinajstić information content (AvgIpc) is 3.00. The van der Waals surface area contributed by atoms with Gasteiger partial charge in [-0.2, -0.15) is 5.10 Å². The van der Waals surface area contributed by atoms with Crippen LogP contribution in [0, 0.1) is 0 Å². The fourth-order valence-corrected chi connectivity index (χ4v) is 3.73. The number of thiazole rings is 1. The molecule has 0 spiro atoms. The Kier molecular flexibility index (Phi) is 2.21. The second-order valence-electron chi connectivity index (χ2n) is 4.42. The molecule has 1 aliphatic rings. The summed E-state index contributed by atoms with van der Waals surface area (Å²) >= 11 is 1.74. The molecular weight excluding hydrogens is 244 g/mol. The van der Waals surface area contributed by atoms with E-state index in [9.17, 15) is 0 Å². The van der Waals surface area contributed by atoms with Gasteiger partial charge >= 0.3 is 0 Å². The maximum absolute atomic E-state index is 4.31. The highest BCUT2D eigenvalue weighted by Crippen LogP contribution is 2.34. The van der Waals surface area contributed by atoms with Crippen molar-refractivity contribution in [2.45, 2.75) is 12.5 Å². The highest BCUT2D eigenvalue weighted by molar-refractivity contribution is 7.17. The van der Waals surface area contributed by atoms with Crippen LogP contribution < -0.4 is 5.32 Å². The molecule has 0 bridgehead atoms. The lowest BCUT2D eigenvalue weighted by Gasteiger charge is -2.23. The Labute approximate surface area is 108 Å². The number of hydrogen-bond acceptors (Lipinski definition) is 4. The molecule has 3 heterocycles. The molecule has 0 radical (unpaired) electrons. The van der Waals surface area contributed by atoms with Gasteiger partial charge in [-0.3, -0.25) is 0 Å². The van der Waals surface area contributed by atoms with Crippen LogP contribution in [0.1, 0.15) is 22.2 Å². The van der Waals surface area contributed by atoms with Crippen molar-refractivity contribution >= 4 is 16.3 Å². The van der Waals surface area contributed by atoms with Crippen LogP contribution in [0.5, 0.6) is 0 Å². The van der Waals surface area contributed by atoms with E-state index in [0.717, 1.165) is 17.9 Å². The third-order valence-electron chi connectivity index (χ3n) is 3.36. The SMILES string of the molecule is c1ccc(C2NCCc3c2sc2ncnn32)cc1. The first-order valence-corrected chi connectivity index (χ1v) is 6.85. The molecule has 0 fully saturated rings. The third-order valence-corrected chi connectivity index (χ3v) is 4.52. The summed E-state index contributed by atoms with van der Waals surface area (Å²) in [4.78, 5) is 6.63. The van der Waals surface area contributed by atoms with Crippen LogP contribution in [0.2, 0.25) is 0 Å². The van der Waals surface area contributed by atoms with Gasteiger partial charge < -0.3 is 5.32 Å². The first-order valence-electron chi connectivity index (χ1n) is 6.03. The van der Waals surface area contributed by atoms with Gasteiger partial charge in [0.1, 0.15) is 6.33 Å². The van der Waals surface area contributed by atoms with E-state index in [1.807, 2.05) is 4.52 Å². The minimum Gasteiger partial charge on any atom is -0.305 e. The van der Waals surface area contributed by atoms with E-state index in [0.29, 0.717) is 0 Å². The van der Waals surface area contributed by atoms with E-state index in [-0.39, 0.29) is 6.04 Å². The Bertz CT molecular complexity index is 685. The molecule has 0 saturated carbocycles. The maximum Gasteiger partial charge on any atom is 0.212 e. The minimum absolute atomic E-state index is 0.281. The molecule has 3 aromatic rings. The van der Waals surface area contributed by atoms with Gasteiger partial charge in [-0.05, 0) is 5.56 Å². The van der Waals surface area contributed by atoms with E-state index in [1.165, 1.54) is 16.1 Å². The smallest absolute Gasteiger partial charge is 0.212 e. The number of nitrogens with zero attached hydrogens (tertiary/aromatic N) is 3. The predicted molar refractivity (Wildman–Crippen MR) is 70.9 cm³/mol. The molecule has 18 heavy (non-hydrogen) atoms. The number of benzene rings is 1. The Morgan fingerprint density at radius 1 is 1.28 bits per heavy atom. The first kappa shape index (κ1) is 10.2. The van der Waals surface area contributed by atoms with Gasteiger partial charge in [0.25, 0.3) is 0 Å². The zero-order chi connectivity index (χ0) is 11.9. The zero-order valence-electron chi connectivity index (χ0n) is 9.71. The summed E-state index contributed by atoms with van der Waals surface area (Å²) in [6.07, 6.45) is 2.65. The lowest BCUT2D eigenvalue weighted by Crippen LogP contribution is -2.30. The largest absolute Gasteiger partial charge is 0.305 e. The van der Waals surface area contributed by atoms with Crippen LogP contribution in [0.15, 0.2) is 36.7 Å². The van der Waals surface area contributed by atoms with Crippen LogP contribution in [0.3, 0.4) is 0 Å². The van der Waals surface area contributed by atoms with Gasteiger partial charge in [0, 0.05) is 13.0 Å². The van der Waals surface area contributed by atoms with Gasteiger partial charge in [-0.1, -0.05) is 41.7 Å². The summed E-state index contributed by atoms with van der Waals surface area (Å²) in [6, 6.07) is 10.8. The summed E-state index contributed by atoms with van der Waals surface area (Å²) in [5, 5.41) is 7.89. The topological polar surface area (TPSA) is 42.2 Å². The normalized spacial score (nSPS) is 19.0. The van der Waals surface area contributed by atoms with Gasteiger partial charge in [-0.15, -0.1) is 0 Å². The number of aromatic nitrogens is 3. The molecule has 2 aromatic heterocycles. The number of hydrogen-bond donors (Lipinski definition) is 1. The highest BCUT2D eigenvalue weighted by Gasteiger charge is 2.26. The van der Waals surface area contributed by atoms with E-state index in [2.05, 4.69) is 45.7 Å². The Morgan fingerprint density at radius 3 is 3.06 bits per heavy atom. The second kappa shape index (κ2) is 3.90. The standard InChI is InChI=1S/C13H12N4S/c1-2-4-9(5-3-1)11-12-10(6-7-14-11)17-13(18-12)15-8-16-17/h1-5,8,11,14H,6-7H2. The van der Waals surface area contributed by atoms with Crippen molar-refractivity contribution in [3.8, 4) is 0 Å². The van der Waals surface area contributed by atoms with Crippen LogP contribution in [-0.2, 0) is 6.42 Å². The predicted octanol–water partition coefficient (Wildman–Crippen LogP) is 2.03. The summed E-state index contributed by atoms with van der Waals surface area (Å²) in [5.41, 5.74) is 2.61. The molecule has 90 valence electrons. The Hall–Kier alpha value is -1.72. The molecule has 4 nitrogen and oxygen atoms in total. The van der Waals surface area contributed by atoms with Crippen molar-refractivity contribution in [1.29, 1.82) is 0 Å². The number of rotatable bonds is 1. The molecule has 0 aliphatic carbocycles. The maximum atomic E-state index is 4.31. The van der Waals surface area contributed by atoms with Crippen molar-refractivity contribution in [3.63, 3.8) is 0 Å². The summed E-state index contributed by atoms with van der Waals surface area (Å²) < 4.78 is 1.98. The third kappa shape index (κ3) is 1.41. The molecule has 1 aliphatic heterocycles. The van der Waals surface area contributed by atoms with Crippen LogP contribution in [0.4, 0.5) is 0 Å². The van der Waals surface area contributed by atoms with Gasteiger partial charge in [0.2, 0.25) is 4.96 Å². The molecule has 4 rings (SSSR count). The van der Waals surface area contributed by atoms with Crippen LogP contribution >= 0.6 is 11.3 Å². The fourth-order valence-electron chi connectivity index (χ4n) is 2.54. The molecule has 5 heteroatoms. The second-order valence-corrected chi connectivity index (χ2v) is 5.42. The van der Waals surface area contributed by atoms with Crippen molar-refractivity contribution in [2.75, 3.05) is 6.54 Å². The monoisotopic (exact) mass is 256 g/mol. The minimum atomic E-state index is 0.281. The van der Waals surface area contributed by atoms with E-state index in [4.69, 9.17) is 0 Å². The van der Waals surface area contributed by atoms with Crippen LogP contribution in [-0.4, -0.2) is 21.1 Å². The lowest BCUT2D eigenvalue weighted by atomic mass is 10.0. The van der Waals surface area contributed by atoms with Gasteiger partial charge in [-0.25, -0.2) is 9.50 Å². The van der Waals surface area contributed by atoms with Gasteiger partial charge in [0.05, 0.1) is 16.6 Å². The highest BCUT2D eigenvalue weighted by atomic mass is 32.1. The fraction of sp³-hybridized carbons (Fsp3) is 0.231. The van der Waals surface area contributed by atoms with E-state index >= 15 is 0 Å². The molecule has 0 amide bonds. The molecular formula is C13H12N4S. The molecule has 1 N–H and O–H groups in total. The first-order chi connectivity index (χ1) is 8.93. The Morgan fingerprint density at radius 2 is 2.17 bits per heavy atom. The number of nitrogens with one attached hydrogen (secondary N) is 1. The van der Waals surface area contributed by atoms with Crippen molar-refractivity contribution in [2.24, 2.45) is 0 Å².